The Balaban J connectivity index is 1.60. The number of aryl methyl sites for hydroxylation is 1. The van der Waals surface area contributed by atoms with Crippen molar-refractivity contribution in [2.75, 3.05) is 22.9 Å². The zero-order chi connectivity index (χ0) is 31.8. The number of nitrogens with two attached hydrogens (primary N) is 1. The molecule has 12 heteroatoms. The van der Waals surface area contributed by atoms with E-state index in [0.29, 0.717) is 36.5 Å². The molecule has 1 aliphatic rings. The Hall–Kier alpha value is -4.71. The molecule has 0 spiro atoms. The fourth-order valence-electron chi connectivity index (χ4n) is 5.66. The molecule has 0 unspecified atom stereocenters. The largest absolute Gasteiger partial charge is 0.465 e. The first-order chi connectivity index (χ1) is 20.9. The van der Waals surface area contributed by atoms with Crippen LogP contribution in [0.5, 0.6) is 0 Å². The number of halogens is 1. The molecule has 0 radical (unpaired) electrons. The molecule has 5 rings (SSSR count). The number of hydrogen-bond acceptors (Lipinski definition) is 7. The summed E-state index contributed by atoms with van der Waals surface area (Å²) in [5.74, 6) is -0.656. The third-order valence-electron chi connectivity index (χ3n) is 7.90. The first-order valence-electron chi connectivity index (χ1n) is 14.2. The molecular weight excluding hydrogens is 585 g/mol. The van der Waals surface area contributed by atoms with Crippen LogP contribution in [0.1, 0.15) is 55.5 Å². The zero-order valence-corrected chi connectivity index (χ0v) is 25.4. The van der Waals surface area contributed by atoms with E-state index in [9.17, 15) is 23.1 Å². The summed E-state index contributed by atoms with van der Waals surface area (Å²) >= 11 is 0. The number of hydrogen-bond donors (Lipinski definition) is 4. The van der Waals surface area contributed by atoms with Crippen molar-refractivity contribution in [3.05, 3.63) is 89.4 Å². The molecule has 2 atom stereocenters. The minimum absolute atomic E-state index is 0.0279. The quantitative estimate of drug-likeness (QED) is 0.186. The minimum atomic E-state index is -3.80. The molecule has 2 amide bonds. The number of benzene rings is 3. The smallest absolute Gasteiger partial charge is 0.409 e. The average molecular weight is 620 g/mol. The zero-order valence-electron chi connectivity index (χ0n) is 24.5. The summed E-state index contributed by atoms with van der Waals surface area (Å²) in [6.07, 6.45) is 1.28. The van der Waals surface area contributed by atoms with Gasteiger partial charge in [0.1, 0.15) is 17.7 Å². The number of pyridine rings is 1. The Labute approximate surface area is 255 Å². The number of likely N-dealkylation sites (tertiary alicyclic amines) is 1. The average Bonchev–Trinajstić information content (AvgIpc) is 3.46. The maximum atomic E-state index is 15.4. The maximum Gasteiger partial charge on any atom is 0.409 e. The number of carbonyl (C=O) groups excluding carboxylic acids is 1. The Kier molecular flexibility index (Phi) is 8.46. The molecule has 1 saturated heterocycles. The maximum absolute atomic E-state index is 15.4. The van der Waals surface area contributed by atoms with Gasteiger partial charge < -0.3 is 21.1 Å². The minimum Gasteiger partial charge on any atom is -0.465 e. The highest BCUT2D eigenvalue weighted by Gasteiger charge is 2.38. The number of carbonyl (C=O) groups is 2. The molecule has 3 aromatic carbocycles. The second kappa shape index (κ2) is 12.1. The first-order valence-corrected chi connectivity index (χ1v) is 15.8. The number of amides is 2. The van der Waals surface area contributed by atoms with Crippen molar-refractivity contribution < 1.29 is 27.5 Å². The van der Waals surface area contributed by atoms with Crippen LogP contribution in [0.15, 0.2) is 71.8 Å². The van der Waals surface area contributed by atoms with E-state index >= 15 is 4.39 Å². The second-order valence-electron chi connectivity index (χ2n) is 11.2. The van der Waals surface area contributed by atoms with Crippen LogP contribution in [-0.2, 0) is 14.6 Å². The summed E-state index contributed by atoms with van der Waals surface area (Å²) in [5.41, 5.74) is 7.96. The van der Waals surface area contributed by atoms with E-state index in [1.807, 2.05) is 0 Å². The number of aromatic nitrogens is 1. The number of nitrogens with zero attached hydrogens (tertiary/aromatic N) is 2. The molecule has 0 bridgehead atoms. The van der Waals surface area contributed by atoms with Gasteiger partial charge in [-0.15, -0.1) is 0 Å². The van der Waals surface area contributed by atoms with E-state index in [2.05, 4.69) is 15.6 Å². The van der Waals surface area contributed by atoms with E-state index in [-0.39, 0.29) is 16.1 Å². The molecular formula is C32H34FN5O5S. The van der Waals surface area contributed by atoms with Gasteiger partial charge in [0.15, 0.2) is 9.84 Å². The Morgan fingerprint density at radius 3 is 2.55 bits per heavy atom. The highest BCUT2D eigenvalue weighted by Crippen LogP contribution is 2.40. The van der Waals surface area contributed by atoms with Crippen molar-refractivity contribution in [1.82, 2.24) is 9.88 Å². The first kappa shape index (κ1) is 30.7. The van der Waals surface area contributed by atoms with Gasteiger partial charge in [0.05, 0.1) is 16.2 Å². The van der Waals surface area contributed by atoms with Gasteiger partial charge in [-0.2, -0.15) is 0 Å². The highest BCUT2D eigenvalue weighted by atomic mass is 32.2. The van der Waals surface area contributed by atoms with E-state index in [1.54, 1.807) is 68.3 Å². The number of nitrogens with one attached hydrogen (secondary N) is 2. The predicted molar refractivity (Wildman–Crippen MR) is 168 cm³/mol. The lowest BCUT2D eigenvalue weighted by Crippen LogP contribution is -2.38. The van der Waals surface area contributed by atoms with Gasteiger partial charge in [-0.1, -0.05) is 17.7 Å². The van der Waals surface area contributed by atoms with E-state index in [0.717, 1.165) is 16.3 Å². The van der Waals surface area contributed by atoms with Crippen LogP contribution < -0.4 is 16.4 Å². The van der Waals surface area contributed by atoms with Crippen LogP contribution in [0, 0.1) is 12.7 Å². The van der Waals surface area contributed by atoms with Crippen LogP contribution in [0.25, 0.3) is 10.8 Å². The van der Waals surface area contributed by atoms with Crippen LogP contribution >= 0.6 is 0 Å². The normalized spacial score (nSPS) is 15.8. The number of rotatable bonds is 8. The van der Waals surface area contributed by atoms with Gasteiger partial charge in [0, 0.05) is 35.1 Å². The van der Waals surface area contributed by atoms with Gasteiger partial charge in [0.25, 0.3) is 0 Å². The summed E-state index contributed by atoms with van der Waals surface area (Å²) in [4.78, 5) is 31.6. The molecule has 1 aromatic heterocycles. The number of nitrogen functional groups attached to an aromatic ring is 1. The Morgan fingerprint density at radius 2 is 1.82 bits per heavy atom. The summed E-state index contributed by atoms with van der Waals surface area (Å²) in [7, 11) is -3.80. The number of anilines is 3. The molecule has 0 saturated carbocycles. The molecule has 1 aliphatic heterocycles. The predicted octanol–water partition coefficient (Wildman–Crippen LogP) is 6.05. The number of sulfone groups is 1. The lowest BCUT2D eigenvalue weighted by Gasteiger charge is -2.32. The lowest BCUT2D eigenvalue weighted by atomic mass is 9.99. The molecule has 5 N–H and O–H groups in total. The van der Waals surface area contributed by atoms with Gasteiger partial charge in [-0.05, 0) is 93.1 Å². The molecule has 2 heterocycles. The topological polar surface area (TPSA) is 155 Å². The van der Waals surface area contributed by atoms with Crippen LogP contribution in [0.2, 0.25) is 0 Å². The van der Waals surface area contributed by atoms with Crippen molar-refractivity contribution in [2.45, 2.75) is 55.8 Å². The van der Waals surface area contributed by atoms with Crippen LogP contribution in [0.3, 0.4) is 0 Å². The fourth-order valence-corrected chi connectivity index (χ4v) is 6.95. The standard InChI is InChI=1S/C32H34FN5O5S/c1-18(2)44(42,43)28-11-8-22(37-32(40)41)17-25(28)27-5-4-14-38(27)31(39)29(24-15-19(3)6-10-26(24)33)36-21-7-9-23-20(16-21)12-13-35-30(23)34/h6-13,15-18,27,29,36-37H,4-5,14H2,1-3H3,(H2,34,35)(H,40,41)/t27-,29+/m1/s1. The van der Waals surface area contributed by atoms with Gasteiger partial charge in [-0.25, -0.2) is 22.6 Å². The molecule has 10 nitrogen and oxygen atoms in total. The van der Waals surface area contributed by atoms with Crippen molar-refractivity contribution in [1.29, 1.82) is 0 Å². The second-order valence-corrected chi connectivity index (χ2v) is 13.7. The third-order valence-corrected chi connectivity index (χ3v) is 10.1. The van der Waals surface area contributed by atoms with Crippen molar-refractivity contribution in [3.8, 4) is 0 Å². The fraction of sp³-hybridized carbons (Fsp3) is 0.281. The van der Waals surface area contributed by atoms with Crippen molar-refractivity contribution in [3.63, 3.8) is 0 Å². The molecule has 1 fully saturated rings. The van der Waals surface area contributed by atoms with Crippen LogP contribution in [0.4, 0.5) is 26.4 Å². The molecule has 4 aromatic rings. The molecule has 0 aliphatic carbocycles. The molecule has 230 valence electrons. The summed E-state index contributed by atoms with van der Waals surface area (Å²) in [6.45, 7) is 5.23. The molecule has 44 heavy (non-hydrogen) atoms. The summed E-state index contributed by atoms with van der Waals surface area (Å²) < 4.78 is 42.2. The Morgan fingerprint density at radius 1 is 1.07 bits per heavy atom. The van der Waals surface area contributed by atoms with E-state index in [1.165, 1.54) is 24.3 Å². The van der Waals surface area contributed by atoms with Crippen LogP contribution in [-0.4, -0.2) is 47.2 Å². The SMILES string of the molecule is Cc1ccc(F)c([C@H](Nc2ccc3c(N)nccc3c2)C(=O)N2CCC[C@@H]2c2cc(NC(=O)O)ccc2S(=O)(=O)C(C)C)c1. The Bertz CT molecular complexity index is 1860. The lowest BCUT2D eigenvalue weighted by molar-refractivity contribution is -0.133. The van der Waals surface area contributed by atoms with Crippen molar-refractivity contribution in [2.24, 2.45) is 0 Å². The number of carboxylic acid groups (broad SMARTS) is 1. The van der Waals surface area contributed by atoms with Crippen molar-refractivity contribution >= 4 is 49.8 Å². The van der Waals surface area contributed by atoms with Gasteiger partial charge in [0.2, 0.25) is 5.91 Å². The summed E-state index contributed by atoms with van der Waals surface area (Å²) in [5, 5.41) is 15.6. The van der Waals surface area contributed by atoms with E-state index in [4.69, 9.17) is 5.73 Å². The third kappa shape index (κ3) is 6.02. The number of fused-ring (bicyclic) bond motifs is 1. The van der Waals surface area contributed by atoms with Gasteiger partial charge >= 0.3 is 6.09 Å². The van der Waals surface area contributed by atoms with E-state index < -0.39 is 45.0 Å². The highest BCUT2D eigenvalue weighted by molar-refractivity contribution is 7.92. The van der Waals surface area contributed by atoms with Gasteiger partial charge in [-0.3, -0.25) is 10.1 Å². The monoisotopic (exact) mass is 619 g/mol. The summed E-state index contributed by atoms with van der Waals surface area (Å²) in [6, 6.07) is 14.0.